The van der Waals surface area contributed by atoms with E-state index in [-0.39, 0.29) is 12.5 Å². The first kappa shape index (κ1) is 64.6. The summed E-state index contributed by atoms with van der Waals surface area (Å²) in [7, 11) is 0. The van der Waals surface area contributed by atoms with Gasteiger partial charge in [-0.2, -0.15) is 0 Å². The topological polar surface area (TPSA) is 69.6 Å². The van der Waals surface area contributed by atoms with Gasteiger partial charge in [-0.15, -0.1) is 0 Å². The summed E-state index contributed by atoms with van der Waals surface area (Å²) < 4.78 is 0. The molecule has 0 saturated heterocycles. The number of hydrogen-bond donors (Lipinski definition) is 3. The highest BCUT2D eigenvalue weighted by atomic mass is 16.3. The lowest BCUT2D eigenvalue weighted by molar-refractivity contribution is -0.123. The lowest BCUT2D eigenvalue weighted by atomic mass is 10.0. The summed E-state index contributed by atoms with van der Waals surface area (Å²) in [6.45, 7) is 4.34. The van der Waals surface area contributed by atoms with Crippen molar-refractivity contribution >= 4 is 5.91 Å². The zero-order valence-electron chi connectivity index (χ0n) is 45.0. The normalized spacial score (nSPS) is 13.0. The van der Waals surface area contributed by atoms with Crippen LogP contribution >= 0.6 is 0 Å². The minimum Gasteiger partial charge on any atom is -0.394 e. The number of aliphatic hydroxyl groups excluding tert-OH is 2. The van der Waals surface area contributed by atoms with Crippen LogP contribution in [-0.4, -0.2) is 34.9 Å². The molecule has 0 aromatic rings. The van der Waals surface area contributed by atoms with E-state index in [9.17, 15) is 15.0 Å². The molecule has 66 heavy (non-hydrogen) atoms. The third-order valence-electron chi connectivity index (χ3n) is 14.1. The first-order chi connectivity index (χ1) is 32.7. The summed E-state index contributed by atoms with van der Waals surface area (Å²) in [4.78, 5) is 12.5. The minimum absolute atomic E-state index is 0.0680. The molecular formula is C62H119NO3. The zero-order chi connectivity index (χ0) is 47.7. The van der Waals surface area contributed by atoms with Crippen LogP contribution in [0, 0.1) is 0 Å². The molecule has 4 heteroatoms. The average molecular weight is 927 g/mol. The van der Waals surface area contributed by atoms with Crippen molar-refractivity contribution < 1.29 is 15.0 Å². The van der Waals surface area contributed by atoms with Gasteiger partial charge in [0, 0.05) is 6.42 Å². The second-order valence-electron chi connectivity index (χ2n) is 20.8. The van der Waals surface area contributed by atoms with Gasteiger partial charge in [0.05, 0.1) is 18.8 Å². The molecule has 0 rings (SSSR count). The van der Waals surface area contributed by atoms with E-state index in [1.807, 2.05) is 6.08 Å². The lowest BCUT2D eigenvalue weighted by Crippen LogP contribution is -2.45. The third kappa shape index (κ3) is 53.6. The van der Waals surface area contributed by atoms with Crippen molar-refractivity contribution in [3.8, 4) is 0 Å². The quantitative estimate of drug-likeness (QED) is 0.0420. The summed E-state index contributed by atoms with van der Waals surface area (Å²) >= 11 is 0. The smallest absolute Gasteiger partial charge is 0.220 e. The molecule has 0 radical (unpaired) electrons. The highest BCUT2D eigenvalue weighted by Gasteiger charge is 2.18. The maximum absolute atomic E-state index is 12.5. The van der Waals surface area contributed by atoms with Crippen LogP contribution in [0.2, 0.25) is 0 Å². The molecule has 390 valence electrons. The Labute approximate surface area is 414 Å². The molecule has 0 heterocycles. The van der Waals surface area contributed by atoms with Crippen LogP contribution in [0.1, 0.15) is 335 Å². The molecule has 0 spiro atoms. The van der Waals surface area contributed by atoms with Gasteiger partial charge in [-0.1, -0.05) is 307 Å². The fourth-order valence-electron chi connectivity index (χ4n) is 9.49. The highest BCUT2D eigenvalue weighted by Crippen LogP contribution is 2.17. The zero-order valence-corrected chi connectivity index (χ0v) is 45.0. The van der Waals surface area contributed by atoms with Gasteiger partial charge in [-0.05, 0) is 57.8 Å². The molecule has 4 nitrogen and oxygen atoms in total. The van der Waals surface area contributed by atoms with Crippen LogP contribution in [0.15, 0.2) is 36.5 Å². The van der Waals surface area contributed by atoms with Gasteiger partial charge in [0.25, 0.3) is 0 Å². The molecule has 0 aliphatic rings. The van der Waals surface area contributed by atoms with E-state index in [1.54, 1.807) is 6.08 Å². The Kier molecular flexibility index (Phi) is 56.7. The Bertz CT molecular complexity index is 1010. The fourth-order valence-corrected chi connectivity index (χ4v) is 9.49. The predicted molar refractivity (Wildman–Crippen MR) is 295 cm³/mol. The predicted octanol–water partition coefficient (Wildman–Crippen LogP) is 20.0. The van der Waals surface area contributed by atoms with E-state index in [0.29, 0.717) is 6.42 Å². The first-order valence-electron chi connectivity index (χ1n) is 30.2. The van der Waals surface area contributed by atoms with Crippen molar-refractivity contribution in [1.82, 2.24) is 5.32 Å². The number of rotatable bonds is 56. The maximum atomic E-state index is 12.5. The molecule has 0 saturated carbocycles. The van der Waals surface area contributed by atoms with Crippen molar-refractivity contribution in [1.29, 1.82) is 0 Å². The molecule has 1 amide bonds. The van der Waals surface area contributed by atoms with Crippen LogP contribution in [0.5, 0.6) is 0 Å². The molecule has 0 aromatic carbocycles. The Morgan fingerprint density at radius 2 is 0.591 bits per heavy atom. The highest BCUT2D eigenvalue weighted by molar-refractivity contribution is 5.76. The van der Waals surface area contributed by atoms with Crippen LogP contribution in [-0.2, 0) is 4.79 Å². The van der Waals surface area contributed by atoms with Gasteiger partial charge in [0.2, 0.25) is 5.91 Å². The van der Waals surface area contributed by atoms with E-state index in [1.165, 1.54) is 283 Å². The van der Waals surface area contributed by atoms with E-state index in [4.69, 9.17) is 0 Å². The second kappa shape index (κ2) is 57.9. The van der Waals surface area contributed by atoms with Crippen molar-refractivity contribution in [2.45, 2.75) is 347 Å². The Hall–Kier alpha value is -1.39. The van der Waals surface area contributed by atoms with Gasteiger partial charge in [0.1, 0.15) is 0 Å². The van der Waals surface area contributed by atoms with Crippen molar-refractivity contribution in [3.05, 3.63) is 36.5 Å². The molecule has 0 aliphatic heterocycles. The monoisotopic (exact) mass is 926 g/mol. The number of aliphatic hydroxyl groups is 2. The van der Waals surface area contributed by atoms with Crippen LogP contribution in [0.3, 0.4) is 0 Å². The molecule has 2 atom stereocenters. The second-order valence-corrected chi connectivity index (χ2v) is 20.8. The van der Waals surface area contributed by atoms with Gasteiger partial charge < -0.3 is 15.5 Å². The van der Waals surface area contributed by atoms with Crippen LogP contribution in [0.4, 0.5) is 0 Å². The summed E-state index contributed by atoms with van der Waals surface area (Å²) in [6, 6.07) is -0.639. The van der Waals surface area contributed by atoms with Crippen molar-refractivity contribution in [3.63, 3.8) is 0 Å². The summed E-state index contributed by atoms with van der Waals surface area (Å²) in [5.74, 6) is -0.0680. The summed E-state index contributed by atoms with van der Waals surface area (Å²) in [5, 5.41) is 23.2. The van der Waals surface area contributed by atoms with E-state index in [0.717, 1.165) is 32.1 Å². The summed E-state index contributed by atoms with van der Waals surface area (Å²) in [5.41, 5.74) is 0. The number of carbonyl (C=O) groups is 1. The SMILES string of the molecule is CCCCCCCCCCCCCC/C=C\CCCCCCCCCCCCCCCCCCC(=O)NC(CO)C(O)/C=C/CC/C=C/CCCCCCCCCCCCCCCCCC. The molecule has 0 fully saturated rings. The van der Waals surface area contributed by atoms with Crippen molar-refractivity contribution in [2.24, 2.45) is 0 Å². The maximum Gasteiger partial charge on any atom is 0.220 e. The Balaban J connectivity index is 3.47. The number of carbonyl (C=O) groups excluding carboxylic acids is 1. The lowest BCUT2D eigenvalue weighted by Gasteiger charge is -2.19. The standard InChI is InChI=1S/C62H119NO3/c1-3-5-7-9-11-13-15-17-19-21-23-25-27-28-29-30-31-32-33-34-35-36-38-40-42-44-46-48-50-52-54-56-58-62(66)63-60(59-64)61(65)57-55-53-51-49-47-45-43-41-39-37-26-24-22-20-18-16-14-12-10-8-6-4-2/h28-29,47,49,55,57,60-61,64-65H,3-27,30-46,48,50-54,56,58-59H2,1-2H3,(H,63,66)/b29-28-,49-47+,57-55+. The number of nitrogens with one attached hydrogen (secondary N) is 1. The Morgan fingerprint density at radius 1 is 0.348 bits per heavy atom. The molecule has 2 unspecified atom stereocenters. The number of hydrogen-bond acceptors (Lipinski definition) is 3. The van der Waals surface area contributed by atoms with Crippen LogP contribution < -0.4 is 5.32 Å². The summed E-state index contributed by atoms with van der Waals surface area (Å²) in [6.07, 6.45) is 79.0. The molecule has 0 bridgehead atoms. The molecule has 0 aromatic heterocycles. The van der Waals surface area contributed by atoms with E-state index >= 15 is 0 Å². The van der Waals surface area contributed by atoms with E-state index < -0.39 is 12.1 Å². The molecule has 0 aliphatic carbocycles. The number of allylic oxidation sites excluding steroid dienone is 5. The average Bonchev–Trinajstić information content (AvgIpc) is 3.32. The van der Waals surface area contributed by atoms with Crippen LogP contribution in [0.25, 0.3) is 0 Å². The first-order valence-corrected chi connectivity index (χ1v) is 30.2. The van der Waals surface area contributed by atoms with Gasteiger partial charge >= 0.3 is 0 Å². The van der Waals surface area contributed by atoms with Gasteiger partial charge in [-0.3, -0.25) is 4.79 Å². The third-order valence-corrected chi connectivity index (χ3v) is 14.1. The number of amides is 1. The Morgan fingerprint density at radius 3 is 0.879 bits per heavy atom. The minimum atomic E-state index is -0.862. The molecular weight excluding hydrogens is 807 g/mol. The van der Waals surface area contributed by atoms with Gasteiger partial charge in [0.15, 0.2) is 0 Å². The van der Waals surface area contributed by atoms with Gasteiger partial charge in [-0.25, -0.2) is 0 Å². The fraction of sp³-hybridized carbons (Fsp3) is 0.887. The van der Waals surface area contributed by atoms with Crippen molar-refractivity contribution in [2.75, 3.05) is 6.61 Å². The molecule has 3 N–H and O–H groups in total. The van der Waals surface area contributed by atoms with E-state index in [2.05, 4.69) is 43.5 Å². The number of unbranched alkanes of at least 4 members (excludes halogenated alkanes) is 45. The largest absolute Gasteiger partial charge is 0.394 e.